The van der Waals surface area contributed by atoms with Crippen molar-refractivity contribution < 1.29 is 4.79 Å². The molecule has 3 heterocycles. The predicted molar refractivity (Wildman–Crippen MR) is 124 cm³/mol. The number of nitrogens with one attached hydrogen (secondary N) is 1. The summed E-state index contributed by atoms with van der Waals surface area (Å²) in [7, 11) is 0. The van der Waals surface area contributed by atoms with Gasteiger partial charge in [0.2, 0.25) is 0 Å². The van der Waals surface area contributed by atoms with Crippen molar-refractivity contribution in [2.45, 2.75) is 39.2 Å². The predicted octanol–water partition coefficient (Wildman–Crippen LogP) is 3.63. The van der Waals surface area contributed by atoms with Crippen LogP contribution in [-0.2, 0) is 12.8 Å². The number of nitrogens with zero attached hydrogens (tertiary/aromatic N) is 3. The molecule has 2 aromatic heterocycles. The van der Waals surface area contributed by atoms with Gasteiger partial charge in [0, 0.05) is 36.6 Å². The zero-order valence-corrected chi connectivity index (χ0v) is 18.9. The van der Waals surface area contributed by atoms with Crippen LogP contribution in [0.2, 0.25) is 0 Å². The highest BCUT2D eigenvalue weighted by Gasteiger charge is 2.28. The van der Waals surface area contributed by atoms with Gasteiger partial charge in [-0.15, -0.1) is 11.3 Å². The minimum atomic E-state index is -0.00297. The summed E-state index contributed by atoms with van der Waals surface area (Å²) in [6.45, 7) is 7.25. The summed E-state index contributed by atoms with van der Waals surface area (Å²) in [5.74, 6) is 1.49. The number of aryl methyl sites for hydroxylation is 1. The molecule has 1 saturated heterocycles. The first kappa shape index (κ1) is 20.4. The Morgan fingerprint density at radius 2 is 1.94 bits per heavy atom. The number of carbonyl (C=O) groups is 1. The summed E-state index contributed by atoms with van der Waals surface area (Å²) in [6.07, 6.45) is 3.17. The molecule has 0 bridgehead atoms. The second-order valence-electron chi connectivity index (χ2n) is 8.85. The molecule has 1 aliphatic heterocycles. The maximum absolute atomic E-state index is 12.9. The van der Waals surface area contributed by atoms with E-state index in [1.165, 1.54) is 10.4 Å². The van der Waals surface area contributed by atoms with E-state index < -0.39 is 0 Å². The Balaban J connectivity index is 1.32. The highest BCUT2D eigenvalue weighted by Crippen LogP contribution is 2.36. The Morgan fingerprint density at radius 3 is 2.68 bits per heavy atom. The van der Waals surface area contributed by atoms with Crippen molar-refractivity contribution in [1.29, 1.82) is 0 Å². The van der Waals surface area contributed by atoms with E-state index in [1.807, 2.05) is 35.2 Å². The van der Waals surface area contributed by atoms with Crippen LogP contribution in [0.3, 0.4) is 0 Å². The lowest BCUT2D eigenvalue weighted by Crippen LogP contribution is -2.49. The summed E-state index contributed by atoms with van der Waals surface area (Å²) < 4.78 is 0. The number of aromatic nitrogens is 2. The second kappa shape index (κ2) is 8.20. The monoisotopic (exact) mass is 436 g/mol. The number of hydrogen-bond acceptors (Lipinski definition) is 5. The van der Waals surface area contributed by atoms with Gasteiger partial charge in [-0.2, -0.15) is 0 Å². The van der Waals surface area contributed by atoms with Gasteiger partial charge >= 0.3 is 0 Å². The van der Waals surface area contributed by atoms with Crippen LogP contribution in [-0.4, -0.2) is 51.9 Å². The van der Waals surface area contributed by atoms with Crippen LogP contribution in [0.25, 0.3) is 10.2 Å². The number of benzene rings is 1. The molecule has 0 radical (unpaired) electrons. The van der Waals surface area contributed by atoms with Gasteiger partial charge in [0.25, 0.3) is 11.5 Å². The van der Waals surface area contributed by atoms with Gasteiger partial charge in [-0.3, -0.25) is 14.5 Å². The van der Waals surface area contributed by atoms with Crippen molar-refractivity contribution >= 4 is 27.5 Å². The van der Waals surface area contributed by atoms with Crippen molar-refractivity contribution in [2.75, 3.05) is 26.2 Å². The number of H-pyrrole nitrogens is 1. The van der Waals surface area contributed by atoms with E-state index in [0.29, 0.717) is 19.0 Å². The summed E-state index contributed by atoms with van der Waals surface area (Å²) in [5.41, 5.74) is 1.95. The molecule has 7 heteroatoms. The quantitative estimate of drug-likeness (QED) is 0.681. The summed E-state index contributed by atoms with van der Waals surface area (Å²) in [5, 5.41) is 0.807. The Kier molecular flexibility index (Phi) is 5.40. The second-order valence-corrected chi connectivity index (χ2v) is 9.94. The first-order valence-corrected chi connectivity index (χ1v) is 12.0. The Hall–Kier alpha value is -2.51. The highest BCUT2D eigenvalue weighted by molar-refractivity contribution is 7.18. The smallest absolute Gasteiger partial charge is 0.259 e. The molecule has 2 atom stereocenters. The van der Waals surface area contributed by atoms with E-state index in [9.17, 15) is 9.59 Å². The van der Waals surface area contributed by atoms with Gasteiger partial charge in [0.15, 0.2) is 0 Å². The first-order chi connectivity index (χ1) is 15.0. The molecule has 162 valence electrons. The number of piperazine rings is 1. The van der Waals surface area contributed by atoms with E-state index in [1.54, 1.807) is 11.3 Å². The molecule has 0 unspecified atom stereocenters. The minimum absolute atomic E-state index is 0.00297. The van der Waals surface area contributed by atoms with Crippen molar-refractivity contribution in [3.8, 4) is 0 Å². The number of aromatic amines is 1. The standard InChI is InChI=1S/C24H28N4O2S/c1-15-8-9-18-19(14-15)31-23-20(18)22(29)25-21(26-23)16(2)27-10-12-28(13-11-27)24(30)17-6-4-3-5-7-17/h3-7,15-16H,8-14H2,1-2H3,(H,25,26,29)/t15-,16+/m1/s1. The van der Waals surface area contributed by atoms with Crippen molar-refractivity contribution in [1.82, 2.24) is 19.8 Å². The van der Waals surface area contributed by atoms with Crippen LogP contribution in [0.15, 0.2) is 35.1 Å². The maximum atomic E-state index is 12.9. The molecule has 1 aliphatic carbocycles. The van der Waals surface area contributed by atoms with Crippen LogP contribution in [0, 0.1) is 5.92 Å². The largest absolute Gasteiger partial charge is 0.336 e. The molecule has 3 aromatic rings. The van der Waals surface area contributed by atoms with Gasteiger partial charge in [0.05, 0.1) is 11.4 Å². The molecular formula is C24H28N4O2S. The average molecular weight is 437 g/mol. The fourth-order valence-corrected chi connectivity index (χ4v) is 6.20. The van der Waals surface area contributed by atoms with Crippen molar-refractivity contribution in [3.63, 3.8) is 0 Å². The maximum Gasteiger partial charge on any atom is 0.259 e. The zero-order chi connectivity index (χ0) is 21.5. The van der Waals surface area contributed by atoms with Gasteiger partial charge < -0.3 is 9.88 Å². The Labute approximate surface area is 185 Å². The molecular weight excluding hydrogens is 408 g/mol. The van der Waals surface area contributed by atoms with Crippen LogP contribution in [0.1, 0.15) is 52.9 Å². The molecule has 1 fully saturated rings. The van der Waals surface area contributed by atoms with Crippen molar-refractivity contribution in [2.24, 2.45) is 5.92 Å². The molecule has 31 heavy (non-hydrogen) atoms. The van der Waals surface area contributed by atoms with Gasteiger partial charge in [-0.25, -0.2) is 4.98 Å². The minimum Gasteiger partial charge on any atom is -0.336 e. The number of carbonyl (C=O) groups excluding carboxylic acids is 1. The fraction of sp³-hybridized carbons (Fsp3) is 0.458. The van der Waals surface area contributed by atoms with E-state index in [0.717, 1.165) is 54.0 Å². The Morgan fingerprint density at radius 1 is 1.19 bits per heavy atom. The third-order valence-corrected chi connectivity index (χ3v) is 7.90. The van der Waals surface area contributed by atoms with Gasteiger partial charge in [0.1, 0.15) is 10.7 Å². The molecule has 0 saturated carbocycles. The third kappa shape index (κ3) is 3.81. The average Bonchev–Trinajstić information content (AvgIpc) is 3.16. The molecule has 6 nitrogen and oxygen atoms in total. The van der Waals surface area contributed by atoms with E-state index in [2.05, 4.69) is 23.7 Å². The number of fused-ring (bicyclic) bond motifs is 3. The zero-order valence-electron chi connectivity index (χ0n) is 18.1. The van der Waals surface area contributed by atoms with E-state index in [-0.39, 0.29) is 17.5 Å². The lowest BCUT2D eigenvalue weighted by Gasteiger charge is -2.37. The molecule has 0 spiro atoms. The van der Waals surface area contributed by atoms with E-state index in [4.69, 9.17) is 4.98 Å². The molecule has 5 rings (SSSR count). The topological polar surface area (TPSA) is 69.3 Å². The first-order valence-electron chi connectivity index (χ1n) is 11.1. The van der Waals surface area contributed by atoms with Crippen molar-refractivity contribution in [3.05, 3.63) is 62.5 Å². The molecule has 1 N–H and O–H groups in total. The number of hydrogen-bond donors (Lipinski definition) is 1. The lowest BCUT2D eigenvalue weighted by atomic mass is 9.89. The SMILES string of the molecule is C[C@@H]1CCc2c(sc3nc([C@H](C)N4CCN(C(=O)c5ccccc5)CC4)[nH]c(=O)c23)C1. The van der Waals surface area contributed by atoms with Gasteiger partial charge in [-0.05, 0) is 49.8 Å². The van der Waals surface area contributed by atoms with Crippen LogP contribution >= 0.6 is 11.3 Å². The normalized spacial score (nSPS) is 20.6. The highest BCUT2D eigenvalue weighted by atomic mass is 32.1. The van der Waals surface area contributed by atoms with Crippen LogP contribution < -0.4 is 5.56 Å². The van der Waals surface area contributed by atoms with Crippen LogP contribution in [0.5, 0.6) is 0 Å². The van der Waals surface area contributed by atoms with Crippen LogP contribution in [0.4, 0.5) is 0 Å². The molecule has 1 aromatic carbocycles. The van der Waals surface area contributed by atoms with Gasteiger partial charge in [-0.1, -0.05) is 25.1 Å². The summed E-state index contributed by atoms with van der Waals surface area (Å²) in [6, 6.07) is 9.44. The lowest BCUT2D eigenvalue weighted by molar-refractivity contribution is 0.0575. The number of rotatable bonds is 3. The number of thiophene rings is 1. The summed E-state index contributed by atoms with van der Waals surface area (Å²) >= 11 is 1.70. The molecule has 1 amide bonds. The fourth-order valence-electron chi connectivity index (χ4n) is 4.81. The third-order valence-electron chi connectivity index (χ3n) is 6.75. The van der Waals surface area contributed by atoms with E-state index >= 15 is 0 Å². The molecule has 2 aliphatic rings. The summed E-state index contributed by atoms with van der Waals surface area (Å²) in [4.78, 5) is 40.0. The Bertz CT molecular complexity index is 1160. The number of amides is 1.